The quantitative estimate of drug-likeness (QED) is 0.644. The summed E-state index contributed by atoms with van der Waals surface area (Å²) >= 11 is 1.43. The van der Waals surface area contributed by atoms with Crippen molar-refractivity contribution in [3.8, 4) is 0 Å². The molecule has 0 aromatic carbocycles. The summed E-state index contributed by atoms with van der Waals surface area (Å²) in [7, 11) is 0. The number of thiazole rings is 1. The standard InChI is InChI=1S/C12H14N2O5S/c1-7-13-8(6-20-7)2-4-10(15)14-9(12(18)19)3-5-11(16)17/h2,4,6,9H,3,5H2,1H3,(H,14,15)(H,16,17)(H,18,19)/b4-2+. The number of hydrogen-bond donors (Lipinski definition) is 3. The van der Waals surface area contributed by atoms with Gasteiger partial charge in [0.25, 0.3) is 0 Å². The van der Waals surface area contributed by atoms with Gasteiger partial charge in [0.2, 0.25) is 5.91 Å². The number of amides is 1. The summed E-state index contributed by atoms with van der Waals surface area (Å²) < 4.78 is 0. The highest BCUT2D eigenvalue weighted by Gasteiger charge is 2.19. The highest BCUT2D eigenvalue weighted by Crippen LogP contribution is 2.09. The molecule has 0 aliphatic carbocycles. The maximum absolute atomic E-state index is 11.5. The minimum Gasteiger partial charge on any atom is -0.481 e. The van der Waals surface area contributed by atoms with Gasteiger partial charge in [-0.15, -0.1) is 11.3 Å². The molecule has 1 heterocycles. The van der Waals surface area contributed by atoms with Crippen LogP contribution in [-0.4, -0.2) is 39.1 Å². The monoisotopic (exact) mass is 298 g/mol. The Hall–Kier alpha value is -2.22. The van der Waals surface area contributed by atoms with Gasteiger partial charge >= 0.3 is 11.9 Å². The first kappa shape index (κ1) is 15.8. The Morgan fingerprint density at radius 2 is 2.15 bits per heavy atom. The molecular weight excluding hydrogens is 284 g/mol. The molecular formula is C12H14N2O5S. The molecule has 0 bridgehead atoms. The molecule has 0 saturated carbocycles. The van der Waals surface area contributed by atoms with Gasteiger partial charge in [-0.25, -0.2) is 9.78 Å². The Morgan fingerprint density at radius 1 is 1.45 bits per heavy atom. The lowest BCUT2D eigenvalue weighted by molar-refractivity contribution is -0.142. The zero-order valence-corrected chi connectivity index (χ0v) is 11.5. The van der Waals surface area contributed by atoms with Crippen LogP contribution in [0.5, 0.6) is 0 Å². The van der Waals surface area contributed by atoms with E-state index in [0.717, 1.165) is 5.01 Å². The Kier molecular flexibility index (Phi) is 5.85. The van der Waals surface area contributed by atoms with Crippen molar-refractivity contribution in [3.63, 3.8) is 0 Å². The van der Waals surface area contributed by atoms with E-state index in [1.807, 2.05) is 6.92 Å². The van der Waals surface area contributed by atoms with Crippen molar-refractivity contribution >= 4 is 35.3 Å². The predicted molar refractivity (Wildman–Crippen MR) is 72.3 cm³/mol. The van der Waals surface area contributed by atoms with E-state index in [2.05, 4.69) is 10.3 Å². The van der Waals surface area contributed by atoms with Crippen LogP contribution in [0.15, 0.2) is 11.5 Å². The van der Waals surface area contributed by atoms with E-state index in [0.29, 0.717) is 5.69 Å². The first-order valence-electron chi connectivity index (χ1n) is 5.74. The molecule has 8 heteroatoms. The number of carbonyl (C=O) groups is 3. The van der Waals surface area contributed by atoms with Crippen LogP contribution in [0.25, 0.3) is 6.08 Å². The Bertz CT molecular complexity index is 538. The van der Waals surface area contributed by atoms with Crippen LogP contribution in [0.4, 0.5) is 0 Å². The van der Waals surface area contributed by atoms with E-state index < -0.39 is 23.9 Å². The lowest BCUT2D eigenvalue weighted by Gasteiger charge is -2.11. The average molecular weight is 298 g/mol. The number of hydrogen-bond acceptors (Lipinski definition) is 5. The number of nitrogens with one attached hydrogen (secondary N) is 1. The van der Waals surface area contributed by atoms with Gasteiger partial charge in [-0.2, -0.15) is 0 Å². The SMILES string of the molecule is Cc1nc(/C=C/C(=O)NC(CCC(=O)O)C(=O)O)cs1. The fourth-order valence-electron chi connectivity index (χ4n) is 1.36. The third kappa shape index (κ3) is 5.61. The van der Waals surface area contributed by atoms with Gasteiger partial charge in [-0.1, -0.05) is 0 Å². The first-order chi connectivity index (χ1) is 9.38. The van der Waals surface area contributed by atoms with Crippen LogP contribution >= 0.6 is 11.3 Å². The third-order valence-corrected chi connectivity index (χ3v) is 3.10. The molecule has 1 unspecified atom stereocenters. The molecule has 0 saturated heterocycles. The van der Waals surface area contributed by atoms with Crippen LogP contribution in [0.1, 0.15) is 23.5 Å². The number of carboxylic acid groups (broad SMARTS) is 2. The molecule has 1 amide bonds. The van der Waals surface area contributed by atoms with Gasteiger partial charge in [0.1, 0.15) is 6.04 Å². The molecule has 0 radical (unpaired) electrons. The van der Waals surface area contributed by atoms with Gasteiger partial charge in [-0.3, -0.25) is 9.59 Å². The second kappa shape index (κ2) is 7.39. The lowest BCUT2D eigenvalue weighted by atomic mass is 10.1. The molecule has 1 rings (SSSR count). The summed E-state index contributed by atoms with van der Waals surface area (Å²) in [6.07, 6.45) is 2.15. The molecule has 20 heavy (non-hydrogen) atoms. The Balaban J connectivity index is 2.55. The Morgan fingerprint density at radius 3 is 2.65 bits per heavy atom. The normalized spacial score (nSPS) is 12.2. The second-order valence-corrected chi connectivity index (χ2v) is 5.02. The largest absolute Gasteiger partial charge is 0.481 e. The van der Waals surface area contributed by atoms with E-state index >= 15 is 0 Å². The minimum atomic E-state index is -1.27. The molecule has 0 fully saturated rings. The summed E-state index contributed by atoms with van der Waals surface area (Å²) in [6.45, 7) is 1.83. The molecule has 0 spiro atoms. The molecule has 0 aliphatic rings. The number of aryl methyl sites for hydroxylation is 1. The highest BCUT2D eigenvalue weighted by atomic mass is 32.1. The Labute approximate surface area is 119 Å². The van der Waals surface area contributed by atoms with E-state index in [1.54, 1.807) is 5.38 Å². The van der Waals surface area contributed by atoms with E-state index in [1.165, 1.54) is 23.5 Å². The highest BCUT2D eigenvalue weighted by molar-refractivity contribution is 7.09. The maximum atomic E-state index is 11.5. The zero-order valence-electron chi connectivity index (χ0n) is 10.7. The predicted octanol–water partition coefficient (Wildman–Crippen LogP) is 0.899. The summed E-state index contributed by atoms with van der Waals surface area (Å²) in [5, 5.41) is 22.2. The van der Waals surface area contributed by atoms with Gasteiger partial charge in [0.15, 0.2) is 0 Å². The summed E-state index contributed by atoms with van der Waals surface area (Å²) in [5.74, 6) is -2.98. The summed E-state index contributed by atoms with van der Waals surface area (Å²) in [4.78, 5) is 36.9. The maximum Gasteiger partial charge on any atom is 0.326 e. The topological polar surface area (TPSA) is 117 Å². The molecule has 3 N–H and O–H groups in total. The van der Waals surface area contributed by atoms with Crippen LogP contribution in [-0.2, 0) is 14.4 Å². The molecule has 0 aliphatic heterocycles. The zero-order chi connectivity index (χ0) is 15.1. The average Bonchev–Trinajstić information content (AvgIpc) is 2.77. The fraction of sp³-hybridized carbons (Fsp3) is 0.333. The van der Waals surface area contributed by atoms with Crippen molar-refractivity contribution in [1.29, 1.82) is 0 Å². The first-order valence-corrected chi connectivity index (χ1v) is 6.61. The van der Waals surface area contributed by atoms with E-state index in [9.17, 15) is 14.4 Å². The van der Waals surface area contributed by atoms with E-state index in [4.69, 9.17) is 10.2 Å². The third-order valence-electron chi connectivity index (χ3n) is 2.30. The molecule has 1 aromatic rings. The van der Waals surface area contributed by atoms with Crippen molar-refractivity contribution in [2.75, 3.05) is 0 Å². The van der Waals surface area contributed by atoms with Crippen molar-refractivity contribution in [3.05, 3.63) is 22.2 Å². The minimum absolute atomic E-state index is 0.167. The number of aromatic nitrogens is 1. The van der Waals surface area contributed by atoms with Crippen LogP contribution in [0, 0.1) is 6.92 Å². The van der Waals surface area contributed by atoms with Gasteiger partial charge in [0, 0.05) is 17.9 Å². The lowest BCUT2D eigenvalue weighted by Crippen LogP contribution is -2.40. The molecule has 1 atom stereocenters. The van der Waals surface area contributed by atoms with Crippen molar-refractivity contribution in [2.24, 2.45) is 0 Å². The second-order valence-electron chi connectivity index (χ2n) is 3.96. The van der Waals surface area contributed by atoms with Gasteiger partial charge < -0.3 is 15.5 Å². The number of nitrogens with zero attached hydrogens (tertiary/aromatic N) is 1. The van der Waals surface area contributed by atoms with E-state index in [-0.39, 0.29) is 12.8 Å². The number of carbonyl (C=O) groups excluding carboxylic acids is 1. The molecule has 108 valence electrons. The van der Waals surface area contributed by atoms with Gasteiger partial charge in [-0.05, 0) is 19.4 Å². The van der Waals surface area contributed by atoms with Crippen LogP contribution in [0.3, 0.4) is 0 Å². The number of rotatable bonds is 7. The van der Waals surface area contributed by atoms with Crippen LogP contribution < -0.4 is 5.32 Å². The number of carboxylic acids is 2. The summed E-state index contributed by atoms with van der Waals surface area (Å²) in [6, 6.07) is -1.22. The number of aliphatic carboxylic acids is 2. The van der Waals surface area contributed by atoms with Crippen molar-refractivity contribution < 1.29 is 24.6 Å². The molecule has 1 aromatic heterocycles. The van der Waals surface area contributed by atoms with Crippen molar-refractivity contribution in [2.45, 2.75) is 25.8 Å². The molecule has 7 nitrogen and oxygen atoms in total. The summed E-state index contributed by atoms with van der Waals surface area (Å²) in [5.41, 5.74) is 0.611. The van der Waals surface area contributed by atoms with Gasteiger partial charge in [0.05, 0.1) is 10.7 Å². The smallest absolute Gasteiger partial charge is 0.326 e. The fourth-order valence-corrected chi connectivity index (χ4v) is 1.94. The van der Waals surface area contributed by atoms with Crippen molar-refractivity contribution in [1.82, 2.24) is 10.3 Å². The van der Waals surface area contributed by atoms with Crippen LogP contribution in [0.2, 0.25) is 0 Å².